The number of ether oxygens (including phenoxy) is 1. The Hall–Kier alpha value is -1.30. The first-order chi connectivity index (χ1) is 11.2. The number of rotatable bonds is 8. The molecule has 0 saturated carbocycles. The molecule has 0 radical (unpaired) electrons. The third kappa shape index (κ3) is 6.01. The summed E-state index contributed by atoms with van der Waals surface area (Å²) in [6.45, 7) is 7.89. The lowest BCUT2D eigenvalue weighted by Crippen LogP contribution is -2.44. The number of hydrogen-bond donors (Lipinski definition) is 2. The quantitative estimate of drug-likeness (QED) is 0.710. The van der Waals surface area contributed by atoms with E-state index in [2.05, 4.69) is 15.5 Å². The zero-order valence-corrected chi connectivity index (χ0v) is 14.4. The van der Waals surface area contributed by atoms with E-state index in [0.29, 0.717) is 23.7 Å². The van der Waals surface area contributed by atoms with Gasteiger partial charge in [0.25, 0.3) is 5.91 Å². The van der Waals surface area contributed by atoms with Crippen LogP contribution in [0.25, 0.3) is 0 Å². The van der Waals surface area contributed by atoms with Gasteiger partial charge in [-0.3, -0.25) is 4.79 Å². The number of carbonyl (C=O) groups is 1. The molecular weight excluding hydrogens is 314 g/mol. The van der Waals surface area contributed by atoms with Crippen molar-refractivity contribution in [3.63, 3.8) is 0 Å². The Morgan fingerprint density at radius 2 is 2.13 bits per heavy atom. The fourth-order valence-electron chi connectivity index (χ4n) is 2.58. The summed E-state index contributed by atoms with van der Waals surface area (Å²) < 4.78 is 5.74. The van der Waals surface area contributed by atoms with E-state index in [1.54, 1.807) is 12.1 Å². The fraction of sp³-hybridized carbons (Fsp3) is 0.588. The number of benzene rings is 1. The topological polar surface area (TPSA) is 53.6 Å². The Labute approximate surface area is 143 Å². The maximum atomic E-state index is 12.2. The van der Waals surface area contributed by atoms with Crippen molar-refractivity contribution in [2.24, 2.45) is 0 Å². The largest absolute Gasteiger partial charge is 0.479 e. The molecule has 1 unspecified atom stereocenters. The van der Waals surface area contributed by atoms with Crippen LogP contribution in [0.5, 0.6) is 5.75 Å². The zero-order valence-electron chi connectivity index (χ0n) is 13.7. The van der Waals surface area contributed by atoms with Crippen molar-refractivity contribution in [3.05, 3.63) is 29.3 Å². The van der Waals surface area contributed by atoms with Gasteiger partial charge in [-0.25, -0.2) is 0 Å². The minimum absolute atomic E-state index is 0.0762. The Bertz CT molecular complexity index is 492. The molecule has 1 aliphatic rings. The number of carbonyl (C=O) groups excluding carboxylic acids is 1. The molecule has 0 spiro atoms. The van der Waals surface area contributed by atoms with E-state index in [1.807, 2.05) is 19.1 Å². The van der Waals surface area contributed by atoms with Gasteiger partial charge in [-0.15, -0.1) is 0 Å². The molecule has 2 rings (SSSR count). The fourth-order valence-corrected chi connectivity index (χ4v) is 2.76. The van der Waals surface area contributed by atoms with Gasteiger partial charge in [0.05, 0.1) is 5.02 Å². The van der Waals surface area contributed by atoms with Gasteiger partial charge >= 0.3 is 0 Å². The summed E-state index contributed by atoms with van der Waals surface area (Å²) in [4.78, 5) is 14.7. The summed E-state index contributed by atoms with van der Waals surface area (Å²) in [5.41, 5.74) is 0. The van der Waals surface area contributed by atoms with Crippen molar-refractivity contribution in [1.82, 2.24) is 15.5 Å². The highest BCUT2D eigenvalue weighted by molar-refractivity contribution is 6.32. The molecule has 128 valence electrons. The number of nitrogens with one attached hydrogen (secondary N) is 2. The van der Waals surface area contributed by atoms with E-state index in [1.165, 1.54) is 0 Å². The molecule has 1 saturated heterocycles. The van der Waals surface area contributed by atoms with Gasteiger partial charge in [-0.1, -0.05) is 30.7 Å². The maximum Gasteiger partial charge on any atom is 0.261 e. The molecule has 2 N–H and O–H groups in total. The number of hydrogen-bond acceptors (Lipinski definition) is 4. The van der Waals surface area contributed by atoms with Gasteiger partial charge in [0.1, 0.15) is 5.75 Å². The number of amides is 1. The highest BCUT2D eigenvalue weighted by Gasteiger charge is 2.19. The lowest BCUT2D eigenvalue weighted by Gasteiger charge is -2.27. The molecular formula is C17H26ClN3O2. The smallest absolute Gasteiger partial charge is 0.261 e. The third-order valence-electron chi connectivity index (χ3n) is 3.93. The van der Waals surface area contributed by atoms with Crippen LogP contribution in [0.4, 0.5) is 0 Å². The van der Waals surface area contributed by atoms with Crippen molar-refractivity contribution in [1.29, 1.82) is 0 Å². The summed E-state index contributed by atoms with van der Waals surface area (Å²) >= 11 is 6.08. The monoisotopic (exact) mass is 339 g/mol. The van der Waals surface area contributed by atoms with Crippen LogP contribution >= 0.6 is 11.6 Å². The molecule has 1 heterocycles. The SMILES string of the molecule is CCC(Oc1ccccc1Cl)C(=O)NCCCN1CCNCC1. The summed E-state index contributed by atoms with van der Waals surface area (Å²) in [6.07, 6.45) is 1.05. The molecule has 1 fully saturated rings. The molecule has 1 aromatic carbocycles. The molecule has 6 heteroatoms. The van der Waals surface area contributed by atoms with Gasteiger partial charge < -0.3 is 20.3 Å². The van der Waals surface area contributed by atoms with E-state index in [0.717, 1.165) is 39.1 Å². The molecule has 1 aromatic rings. The van der Waals surface area contributed by atoms with Crippen LogP contribution in [0.1, 0.15) is 19.8 Å². The summed E-state index contributed by atoms with van der Waals surface area (Å²) in [6, 6.07) is 7.23. The molecule has 1 amide bonds. The minimum Gasteiger partial charge on any atom is -0.479 e. The van der Waals surface area contributed by atoms with E-state index in [9.17, 15) is 4.79 Å². The van der Waals surface area contributed by atoms with E-state index < -0.39 is 6.10 Å². The number of para-hydroxylation sites is 1. The van der Waals surface area contributed by atoms with Crippen LogP contribution in [0.3, 0.4) is 0 Å². The van der Waals surface area contributed by atoms with Crippen LogP contribution in [0.2, 0.25) is 5.02 Å². The maximum absolute atomic E-state index is 12.2. The van der Waals surface area contributed by atoms with Gasteiger partial charge in [0.15, 0.2) is 6.10 Å². The van der Waals surface area contributed by atoms with E-state index in [-0.39, 0.29) is 5.91 Å². The Balaban J connectivity index is 1.71. The van der Waals surface area contributed by atoms with Crippen molar-refractivity contribution in [2.75, 3.05) is 39.3 Å². The van der Waals surface area contributed by atoms with Crippen LogP contribution in [-0.2, 0) is 4.79 Å². The summed E-state index contributed by atoms with van der Waals surface area (Å²) in [5.74, 6) is 0.477. The Morgan fingerprint density at radius 1 is 1.39 bits per heavy atom. The number of nitrogens with zero attached hydrogens (tertiary/aromatic N) is 1. The molecule has 1 atom stereocenters. The van der Waals surface area contributed by atoms with Gasteiger partial charge in [-0.05, 0) is 31.5 Å². The molecule has 23 heavy (non-hydrogen) atoms. The van der Waals surface area contributed by atoms with Crippen molar-refractivity contribution < 1.29 is 9.53 Å². The first-order valence-electron chi connectivity index (χ1n) is 8.32. The van der Waals surface area contributed by atoms with Crippen LogP contribution in [0.15, 0.2) is 24.3 Å². The molecule has 0 bridgehead atoms. The first kappa shape index (κ1) is 18.0. The zero-order chi connectivity index (χ0) is 16.5. The molecule has 0 aliphatic carbocycles. The van der Waals surface area contributed by atoms with Crippen molar-refractivity contribution in [3.8, 4) is 5.75 Å². The van der Waals surface area contributed by atoms with Crippen LogP contribution in [-0.4, -0.2) is 56.2 Å². The van der Waals surface area contributed by atoms with Crippen LogP contribution in [0, 0.1) is 0 Å². The lowest BCUT2D eigenvalue weighted by molar-refractivity contribution is -0.128. The predicted octanol–water partition coefficient (Wildman–Crippen LogP) is 1.91. The second-order valence-corrected chi connectivity index (χ2v) is 6.09. The summed E-state index contributed by atoms with van der Waals surface area (Å²) in [7, 11) is 0. The second kappa shape index (κ2) is 9.75. The third-order valence-corrected chi connectivity index (χ3v) is 4.24. The van der Waals surface area contributed by atoms with Crippen molar-refractivity contribution >= 4 is 17.5 Å². The van der Waals surface area contributed by atoms with E-state index >= 15 is 0 Å². The summed E-state index contributed by atoms with van der Waals surface area (Å²) in [5, 5.41) is 6.82. The molecule has 1 aliphatic heterocycles. The predicted molar refractivity (Wildman–Crippen MR) is 93.1 cm³/mol. The average Bonchev–Trinajstić information content (AvgIpc) is 2.59. The average molecular weight is 340 g/mol. The number of halogens is 1. The first-order valence-corrected chi connectivity index (χ1v) is 8.70. The standard InChI is InChI=1S/C17H26ClN3O2/c1-2-15(23-16-7-4-3-6-14(16)18)17(22)20-8-5-11-21-12-9-19-10-13-21/h3-4,6-7,15,19H,2,5,8-13H2,1H3,(H,20,22). The van der Waals surface area contributed by atoms with Gasteiger partial charge in [0, 0.05) is 32.7 Å². The Kier molecular flexibility index (Phi) is 7.65. The highest BCUT2D eigenvalue weighted by atomic mass is 35.5. The molecule has 0 aromatic heterocycles. The normalized spacial score (nSPS) is 16.8. The van der Waals surface area contributed by atoms with Crippen LogP contribution < -0.4 is 15.4 Å². The van der Waals surface area contributed by atoms with Gasteiger partial charge in [0.2, 0.25) is 0 Å². The second-order valence-electron chi connectivity index (χ2n) is 5.68. The Morgan fingerprint density at radius 3 is 2.83 bits per heavy atom. The van der Waals surface area contributed by atoms with Crippen molar-refractivity contribution in [2.45, 2.75) is 25.9 Å². The highest BCUT2D eigenvalue weighted by Crippen LogP contribution is 2.24. The minimum atomic E-state index is -0.505. The lowest BCUT2D eigenvalue weighted by atomic mass is 10.2. The van der Waals surface area contributed by atoms with E-state index in [4.69, 9.17) is 16.3 Å². The van der Waals surface area contributed by atoms with Gasteiger partial charge in [-0.2, -0.15) is 0 Å². The molecule has 5 nitrogen and oxygen atoms in total. The number of piperazine rings is 1.